The van der Waals surface area contributed by atoms with Crippen molar-refractivity contribution in [2.45, 2.75) is 65.1 Å². The molecule has 3 unspecified atom stereocenters. The van der Waals surface area contributed by atoms with E-state index in [0.717, 1.165) is 29.7 Å². The lowest BCUT2D eigenvalue weighted by Crippen LogP contribution is -2.38. The first-order valence-electron chi connectivity index (χ1n) is 8.64. The normalized spacial score (nSPS) is 29.0. The Labute approximate surface area is 142 Å². The lowest BCUT2D eigenvalue weighted by atomic mass is 10.0. The number of benzene rings is 1. The van der Waals surface area contributed by atoms with Crippen LogP contribution >= 0.6 is 0 Å². The molecule has 1 aliphatic carbocycles. The maximum absolute atomic E-state index is 12.8. The van der Waals surface area contributed by atoms with Crippen molar-refractivity contribution >= 4 is 17.1 Å². The van der Waals surface area contributed by atoms with E-state index >= 15 is 0 Å². The van der Waals surface area contributed by atoms with Crippen molar-refractivity contribution in [3.8, 4) is 0 Å². The molecule has 24 heavy (non-hydrogen) atoms. The molecule has 0 spiro atoms. The molecule has 2 aromatic rings. The van der Waals surface area contributed by atoms with E-state index in [2.05, 4.69) is 31.0 Å². The second-order valence-corrected chi connectivity index (χ2v) is 8.62. The molecule has 128 valence electrons. The number of H-pyrrole nitrogens is 1. The van der Waals surface area contributed by atoms with Gasteiger partial charge in [-0.05, 0) is 63.6 Å². The molecule has 1 aliphatic heterocycles. The number of aromatic amines is 1. The number of hydrogen-bond acceptors (Lipinski definition) is 3. The SMILES string of the molecule is Cc1ccc2nc(C3CC4(C)CC4N3C(=O)OC(C)(C)C)[nH]c2c1. The number of hydrogen-bond donors (Lipinski definition) is 1. The Kier molecular flexibility index (Phi) is 3.06. The number of likely N-dealkylation sites (tertiary alicyclic amines) is 1. The van der Waals surface area contributed by atoms with Crippen LogP contribution in [0.4, 0.5) is 4.79 Å². The van der Waals surface area contributed by atoms with Crippen molar-refractivity contribution in [2.75, 3.05) is 0 Å². The Morgan fingerprint density at radius 2 is 2.12 bits per heavy atom. The van der Waals surface area contributed by atoms with Crippen LogP contribution in [0.3, 0.4) is 0 Å². The first kappa shape index (κ1) is 15.5. The van der Waals surface area contributed by atoms with Crippen molar-refractivity contribution in [1.29, 1.82) is 0 Å². The number of nitrogens with zero attached hydrogens (tertiary/aromatic N) is 2. The molecular formula is C19H25N3O2. The minimum atomic E-state index is -0.486. The zero-order valence-corrected chi connectivity index (χ0v) is 15.0. The highest BCUT2D eigenvalue weighted by molar-refractivity contribution is 5.76. The quantitative estimate of drug-likeness (QED) is 0.848. The zero-order valence-electron chi connectivity index (χ0n) is 15.0. The van der Waals surface area contributed by atoms with E-state index in [1.54, 1.807) is 0 Å². The van der Waals surface area contributed by atoms with Crippen molar-refractivity contribution < 1.29 is 9.53 Å². The summed E-state index contributed by atoms with van der Waals surface area (Å²) in [7, 11) is 0. The van der Waals surface area contributed by atoms with Gasteiger partial charge in [-0.15, -0.1) is 0 Å². The molecule has 5 nitrogen and oxygen atoms in total. The number of amides is 1. The average molecular weight is 327 g/mol. The van der Waals surface area contributed by atoms with Crippen LogP contribution in [-0.4, -0.2) is 32.6 Å². The third-order valence-electron chi connectivity index (χ3n) is 5.21. The maximum Gasteiger partial charge on any atom is 0.411 e. The molecule has 1 aromatic heterocycles. The fourth-order valence-electron chi connectivity index (χ4n) is 3.89. The van der Waals surface area contributed by atoms with Crippen molar-refractivity contribution in [2.24, 2.45) is 5.41 Å². The lowest BCUT2D eigenvalue weighted by Gasteiger charge is -2.29. The number of aromatic nitrogens is 2. The molecule has 2 aliphatic rings. The Hall–Kier alpha value is -2.04. The third kappa shape index (κ3) is 2.46. The summed E-state index contributed by atoms with van der Waals surface area (Å²) < 4.78 is 5.65. The van der Waals surface area contributed by atoms with E-state index in [4.69, 9.17) is 9.72 Å². The van der Waals surface area contributed by atoms with Crippen LogP contribution in [0, 0.1) is 12.3 Å². The first-order valence-corrected chi connectivity index (χ1v) is 8.64. The molecule has 3 atom stereocenters. The number of nitrogens with one attached hydrogen (secondary N) is 1. The van der Waals surface area contributed by atoms with Crippen LogP contribution in [-0.2, 0) is 4.74 Å². The van der Waals surface area contributed by atoms with E-state index in [0.29, 0.717) is 0 Å². The molecule has 2 fully saturated rings. The number of carbonyl (C=O) groups is 1. The zero-order chi connectivity index (χ0) is 17.3. The van der Waals surface area contributed by atoms with Crippen LogP contribution in [0.2, 0.25) is 0 Å². The first-order chi connectivity index (χ1) is 11.2. The van der Waals surface area contributed by atoms with Crippen LogP contribution in [0.15, 0.2) is 18.2 Å². The van der Waals surface area contributed by atoms with Gasteiger partial charge in [0.1, 0.15) is 11.4 Å². The van der Waals surface area contributed by atoms with Gasteiger partial charge in [0.15, 0.2) is 0 Å². The smallest absolute Gasteiger partial charge is 0.411 e. The van der Waals surface area contributed by atoms with Gasteiger partial charge in [-0.25, -0.2) is 9.78 Å². The number of carbonyl (C=O) groups excluding carboxylic acids is 1. The Morgan fingerprint density at radius 3 is 2.83 bits per heavy atom. The molecule has 5 heteroatoms. The summed E-state index contributed by atoms with van der Waals surface area (Å²) in [5.74, 6) is 0.870. The summed E-state index contributed by atoms with van der Waals surface area (Å²) in [5.41, 5.74) is 2.89. The van der Waals surface area contributed by atoms with Gasteiger partial charge < -0.3 is 9.72 Å². The molecule has 4 rings (SSSR count). The largest absolute Gasteiger partial charge is 0.444 e. The summed E-state index contributed by atoms with van der Waals surface area (Å²) >= 11 is 0. The van der Waals surface area contributed by atoms with E-state index in [1.165, 1.54) is 5.56 Å². The number of ether oxygens (including phenoxy) is 1. The molecule has 0 bridgehead atoms. The number of rotatable bonds is 1. The fourth-order valence-corrected chi connectivity index (χ4v) is 3.89. The van der Waals surface area contributed by atoms with Crippen LogP contribution in [0.1, 0.15) is 58.0 Å². The Morgan fingerprint density at radius 1 is 1.38 bits per heavy atom. The molecule has 0 radical (unpaired) electrons. The van der Waals surface area contributed by atoms with Crippen molar-refractivity contribution in [1.82, 2.24) is 14.9 Å². The van der Waals surface area contributed by atoms with Gasteiger partial charge >= 0.3 is 6.09 Å². The number of piperidine rings is 1. The highest BCUT2D eigenvalue weighted by atomic mass is 16.6. The Balaban J connectivity index is 1.68. The number of aryl methyl sites for hydroxylation is 1. The van der Waals surface area contributed by atoms with Gasteiger partial charge in [0.2, 0.25) is 0 Å². The predicted molar refractivity (Wildman–Crippen MR) is 92.8 cm³/mol. The van der Waals surface area contributed by atoms with Gasteiger partial charge in [-0.3, -0.25) is 4.90 Å². The second-order valence-electron chi connectivity index (χ2n) is 8.62. The summed E-state index contributed by atoms with van der Waals surface area (Å²) in [6, 6.07) is 6.43. The molecule has 2 heterocycles. The molecule has 1 aromatic carbocycles. The van der Waals surface area contributed by atoms with Crippen LogP contribution in [0.5, 0.6) is 0 Å². The predicted octanol–water partition coefficient (Wildman–Crippen LogP) is 4.33. The highest BCUT2D eigenvalue weighted by Gasteiger charge is 2.64. The van der Waals surface area contributed by atoms with Gasteiger partial charge in [0.05, 0.1) is 17.1 Å². The maximum atomic E-state index is 12.8. The Bertz CT molecular complexity index is 820. The minimum absolute atomic E-state index is 0.0312. The summed E-state index contributed by atoms with van der Waals surface area (Å²) in [6.07, 6.45) is 1.77. The van der Waals surface area contributed by atoms with Crippen molar-refractivity contribution in [3.63, 3.8) is 0 Å². The van der Waals surface area contributed by atoms with Crippen LogP contribution in [0.25, 0.3) is 11.0 Å². The second kappa shape index (κ2) is 4.74. The van der Waals surface area contributed by atoms with Gasteiger partial charge in [-0.2, -0.15) is 0 Å². The van der Waals surface area contributed by atoms with E-state index < -0.39 is 5.60 Å². The summed E-state index contributed by atoms with van der Waals surface area (Å²) in [6.45, 7) is 10.0. The number of fused-ring (bicyclic) bond motifs is 2. The summed E-state index contributed by atoms with van der Waals surface area (Å²) in [5, 5.41) is 0. The van der Waals surface area contributed by atoms with Gasteiger partial charge in [0.25, 0.3) is 0 Å². The van der Waals surface area contributed by atoms with Gasteiger partial charge in [0, 0.05) is 6.04 Å². The number of imidazole rings is 1. The molecule has 1 N–H and O–H groups in total. The standard InChI is InChI=1S/C19H25N3O2/c1-11-6-7-12-13(8-11)21-16(20-12)14-9-19(5)10-15(19)22(14)17(23)24-18(2,3)4/h6-8,14-15H,9-10H2,1-5H3,(H,20,21). The lowest BCUT2D eigenvalue weighted by molar-refractivity contribution is 0.0175. The van der Waals surface area contributed by atoms with E-state index in [9.17, 15) is 4.79 Å². The van der Waals surface area contributed by atoms with Crippen LogP contribution < -0.4 is 0 Å². The molecule has 1 amide bonds. The topological polar surface area (TPSA) is 58.2 Å². The molecule has 1 saturated heterocycles. The van der Waals surface area contributed by atoms with E-state index in [1.807, 2.05) is 31.7 Å². The third-order valence-corrected chi connectivity index (χ3v) is 5.21. The van der Waals surface area contributed by atoms with E-state index in [-0.39, 0.29) is 23.6 Å². The van der Waals surface area contributed by atoms with Crippen molar-refractivity contribution in [3.05, 3.63) is 29.6 Å². The van der Waals surface area contributed by atoms with Gasteiger partial charge in [-0.1, -0.05) is 13.0 Å². The molecular weight excluding hydrogens is 302 g/mol. The fraction of sp³-hybridized carbons (Fsp3) is 0.579. The summed E-state index contributed by atoms with van der Waals surface area (Å²) in [4.78, 5) is 22.8. The highest BCUT2D eigenvalue weighted by Crippen LogP contribution is 2.63. The minimum Gasteiger partial charge on any atom is -0.444 e. The monoisotopic (exact) mass is 327 g/mol. The average Bonchev–Trinajstić information content (AvgIpc) is 2.82. The molecule has 1 saturated carbocycles.